The smallest absolute Gasteiger partial charge is 0.241 e. The standard InChI is InChI=1S/C17H31N5O3S/c1-5-7-21-14-16(12-18-21)13-20-8-6-9-22(11-10-20)26(24,25)15(2)17(23)19(3)4/h12,14-15H,5-11,13H2,1-4H3/t15-/m1/s1. The average Bonchev–Trinajstić information content (AvgIpc) is 2.88. The summed E-state index contributed by atoms with van der Waals surface area (Å²) in [7, 11) is -0.469. The Balaban J connectivity index is 1.97. The van der Waals surface area contributed by atoms with Gasteiger partial charge in [0.2, 0.25) is 15.9 Å². The normalized spacial score (nSPS) is 18.5. The molecule has 2 heterocycles. The number of nitrogens with zero attached hydrogens (tertiary/aromatic N) is 5. The van der Waals surface area contributed by atoms with Crippen LogP contribution < -0.4 is 0 Å². The number of hydrogen-bond acceptors (Lipinski definition) is 5. The Morgan fingerprint density at radius 3 is 2.65 bits per heavy atom. The minimum Gasteiger partial charge on any atom is -0.348 e. The fourth-order valence-corrected chi connectivity index (χ4v) is 4.80. The maximum absolute atomic E-state index is 12.8. The van der Waals surface area contributed by atoms with E-state index < -0.39 is 15.3 Å². The molecule has 9 heteroatoms. The summed E-state index contributed by atoms with van der Waals surface area (Å²) in [4.78, 5) is 15.7. The zero-order valence-electron chi connectivity index (χ0n) is 16.3. The monoisotopic (exact) mass is 385 g/mol. The van der Waals surface area contributed by atoms with Crippen LogP contribution in [0.4, 0.5) is 0 Å². The fraction of sp³-hybridized carbons (Fsp3) is 0.765. The van der Waals surface area contributed by atoms with Crippen molar-refractivity contribution in [3.05, 3.63) is 18.0 Å². The summed E-state index contributed by atoms with van der Waals surface area (Å²) < 4.78 is 29.0. The molecule has 0 aromatic carbocycles. The molecule has 1 saturated heterocycles. The number of sulfonamides is 1. The molecule has 1 fully saturated rings. The molecule has 26 heavy (non-hydrogen) atoms. The van der Waals surface area contributed by atoms with Crippen molar-refractivity contribution in [3.8, 4) is 0 Å². The molecule has 1 aliphatic heterocycles. The molecule has 1 amide bonds. The molecule has 0 spiro atoms. The van der Waals surface area contributed by atoms with Crippen LogP contribution in [0.5, 0.6) is 0 Å². The van der Waals surface area contributed by atoms with Gasteiger partial charge in [-0.15, -0.1) is 0 Å². The van der Waals surface area contributed by atoms with E-state index in [1.54, 1.807) is 14.1 Å². The van der Waals surface area contributed by atoms with E-state index in [0.29, 0.717) is 19.6 Å². The minimum absolute atomic E-state index is 0.380. The van der Waals surface area contributed by atoms with Crippen molar-refractivity contribution < 1.29 is 13.2 Å². The average molecular weight is 386 g/mol. The summed E-state index contributed by atoms with van der Waals surface area (Å²) in [6.07, 6.45) is 5.74. The highest BCUT2D eigenvalue weighted by Crippen LogP contribution is 2.16. The van der Waals surface area contributed by atoms with Crippen LogP contribution in [-0.4, -0.2) is 83.7 Å². The Kier molecular flexibility index (Phi) is 7.19. The molecule has 1 aromatic heterocycles. The second-order valence-corrected chi connectivity index (χ2v) is 9.31. The van der Waals surface area contributed by atoms with Gasteiger partial charge < -0.3 is 4.90 Å². The largest absolute Gasteiger partial charge is 0.348 e. The molecule has 1 atom stereocenters. The Morgan fingerprint density at radius 1 is 1.27 bits per heavy atom. The van der Waals surface area contributed by atoms with Crippen LogP contribution in [0.15, 0.2) is 12.4 Å². The van der Waals surface area contributed by atoms with Crippen LogP contribution >= 0.6 is 0 Å². The topological polar surface area (TPSA) is 78.8 Å². The maximum Gasteiger partial charge on any atom is 0.241 e. The van der Waals surface area contributed by atoms with Crippen molar-refractivity contribution in [3.63, 3.8) is 0 Å². The van der Waals surface area contributed by atoms with Gasteiger partial charge in [-0.1, -0.05) is 6.92 Å². The fourth-order valence-electron chi connectivity index (χ4n) is 3.17. The van der Waals surface area contributed by atoms with Gasteiger partial charge in [0.25, 0.3) is 0 Å². The van der Waals surface area contributed by atoms with E-state index in [-0.39, 0.29) is 5.91 Å². The van der Waals surface area contributed by atoms with Crippen LogP contribution in [0.3, 0.4) is 0 Å². The maximum atomic E-state index is 12.8. The number of amides is 1. The first kappa shape index (κ1) is 20.9. The van der Waals surface area contributed by atoms with E-state index in [1.165, 1.54) is 16.1 Å². The first-order chi connectivity index (χ1) is 12.3. The van der Waals surface area contributed by atoms with E-state index in [1.807, 2.05) is 10.9 Å². The lowest BCUT2D eigenvalue weighted by Gasteiger charge is -2.25. The van der Waals surface area contributed by atoms with Crippen LogP contribution in [0.1, 0.15) is 32.3 Å². The van der Waals surface area contributed by atoms with Gasteiger partial charge in [0.05, 0.1) is 6.20 Å². The van der Waals surface area contributed by atoms with E-state index in [9.17, 15) is 13.2 Å². The number of rotatable bonds is 7. The Hall–Kier alpha value is -1.45. The molecular formula is C17H31N5O3S. The molecule has 0 aliphatic carbocycles. The van der Waals surface area contributed by atoms with E-state index >= 15 is 0 Å². The summed E-state index contributed by atoms with van der Waals surface area (Å²) in [5, 5.41) is 3.30. The minimum atomic E-state index is -3.63. The SMILES string of the molecule is CCCn1cc(CN2CCCN(S(=O)(=O)[C@H](C)C(=O)N(C)C)CC2)cn1. The summed E-state index contributed by atoms with van der Waals surface area (Å²) in [6.45, 7) is 7.63. The molecule has 2 rings (SSSR count). The zero-order chi connectivity index (χ0) is 19.3. The lowest BCUT2D eigenvalue weighted by atomic mass is 10.3. The number of aryl methyl sites for hydroxylation is 1. The van der Waals surface area contributed by atoms with Gasteiger partial charge in [0.15, 0.2) is 5.25 Å². The molecular weight excluding hydrogens is 354 g/mol. The van der Waals surface area contributed by atoms with Crippen LogP contribution in [0.2, 0.25) is 0 Å². The summed E-state index contributed by atoms with van der Waals surface area (Å²) in [6, 6.07) is 0. The van der Waals surface area contributed by atoms with Gasteiger partial charge in [0.1, 0.15) is 0 Å². The van der Waals surface area contributed by atoms with Gasteiger partial charge in [-0.25, -0.2) is 8.42 Å². The van der Waals surface area contributed by atoms with Crippen molar-refractivity contribution in [2.75, 3.05) is 40.3 Å². The first-order valence-electron chi connectivity index (χ1n) is 9.19. The Morgan fingerprint density at radius 2 is 2.00 bits per heavy atom. The van der Waals surface area contributed by atoms with Crippen molar-refractivity contribution in [1.82, 2.24) is 23.9 Å². The quantitative estimate of drug-likeness (QED) is 0.687. The second-order valence-electron chi connectivity index (χ2n) is 7.06. The Bertz CT molecular complexity index is 701. The lowest BCUT2D eigenvalue weighted by Crippen LogP contribution is -2.46. The van der Waals surface area contributed by atoms with Gasteiger partial charge in [0, 0.05) is 58.6 Å². The van der Waals surface area contributed by atoms with Gasteiger partial charge in [-0.3, -0.25) is 14.4 Å². The van der Waals surface area contributed by atoms with Gasteiger partial charge in [-0.05, 0) is 26.3 Å². The van der Waals surface area contributed by atoms with Crippen LogP contribution in [0.25, 0.3) is 0 Å². The molecule has 0 radical (unpaired) electrons. The molecule has 8 nitrogen and oxygen atoms in total. The molecule has 148 valence electrons. The van der Waals surface area contributed by atoms with E-state index in [0.717, 1.165) is 38.0 Å². The first-order valence-corrected chi connectivity index (χ1v) is 10.7. The lowest BCUT2D eigenvalue weighted by molar-refractivity contribution is -0.128. The molecule has 1 aromatic rings. The zero-order valence-corrected chi connectivity index (χ0v) is 17.1. The third-order valence-corrected chi connectivity index (χ3v) is 6.87. The molecule has 0 bridgehead atoms. The van der Waals surface area contributed by atoms with Crippen molar-refractivity contribution in [1.29, 1.82) is 0 Å². The molecule has 0 N–H and O–H groups in total. The molecule has 1 aliphatic rings. The number of carbonyl (C=O) groups is 1. The van der Waals surface area contributed by atoms with Crippen molar-refractivity contribution in [2.24, 2.45) is 0 Å². The number of carbonyl (C=O) groups excluding carboxylic acids is 1. The summed E-state index contributed by atoms with van der Waals surface area (Å²) in [5.41, 5.74) is 1.14. The summed E-state index contributed by atoms with van der Waals surface area (Å²) >= 11 is 0. The number of aromatic nitrogens is 2. The highest BCUT2D eigenvalue weighted by Gasteiger charge is 2.35. The van der Waals surface area contributed by atoms with Gasteiger partial charge in [-0.2, -0.15) is 9.40 Å². The van der Waals surface area contributed by atoms with Crippen LogP contribution in [-0.2, 0) is 27.9 Å². The highest BCUT2D eigenvalue weighted by atomic mass is 32.2. The second kappa shape index (κ2) is 8.96. The molecule has 0 saturated carbocycles. The van der Waals surface area contributed by atoms with Crippen molar-refractivity contribution in [2.45, 2.75) is 45.0 Å². The summed E-state index contributed by atoms with van der Waals surface area (Å²) in [5.74, 6) is -0.380. The van der Waals surface area contributed by atoms with E-state index in [2.05, 4.69) is 23.1 Å². The van der Waals surface area contributed by atoms with Crippen LogP contribution in [0, 0.1) is 0 Å². The predicted molar refractivity (Wildman–Crippen MR) is 101 cm³/mol. The van der Waals surface area contributed by atoms with Gasteiger partial charge >= 0.3 is 0 Å². The molecule has 0 unspecified atom stereocenters. The third-order valence-electron chi connectivity index (χ3n) is 4.69. The van der Waals surface area contributed by atoms with Crippen molar-refractivity contribution >= 4 is 15.9 Å². The predicted octanol–water partition coefficient (Wildman–Crippen LogP) is 0.607. The Labute approximate surface area is 156 Å². The highest BCUT2D eigenvalue weighted by molar-refractivity contribution is 7.90. The number of hydrogen-bond donors (Lipinski definition) is 0. The third kappa shape index (κ3) is 5.05. The van der Waals surface area contributed by atoms with E-state index in [4.69, 9.17) is 0 Å².